The number of methoxy groups -OCH3 is 1. The number of aromatic nitrogens is 1. The summed E-state index contributed by atoms with van der Waals surface area (Å²) < 4.78 is 62.9. The lowest BCUT2D eigenvalue weighted by molar-refractivity contribution is -0.117. The molecule has 0 aliphatic carbocycles. The minimum absolute atomic E-state index is 0.0972. The fourth-order valence-corrected chi connectivity index (χ4v) is 5.72. The zero-order valence-corrected chi connectivity index (χ0v) is 18.4. The Morgan fingerprint density at radius 1 is 1.32 bits per heavy atom. The number of benzene rings is 1. The molecule has 14 heteroatoms. The van der Waals surface area contributed by atoms with E-state index in [4.69, 9.17) is 9.26 Å². The van der Waals surface area contributed by atoms with Gasteiger partial charge < -0.3 is 14.6 Å². The summed E-state index contributed by atoms with van der Waals surface area (Å²) in [6.45, 7) is 2.93. The van der Waals surface area contributed by atoms with Gasteiger partial charge in [0.15, 0.2) is 5.82 Å². The number of nitrogens with one attached hydrogen (secondary N) is 2. The maximum atomic E-state index is 12.9. The summed E-state index contributed by atoms with van der Waals surface area (Å²) in [6.07, 6.45) is -0.201. The van der Waals surface area contributed by atoms with Gasteiger partial charge in [0.2, 0.25) is 31.9 Å². The van der Waals surface area contributed by atoms with Crippen molar-refractivity contribution in [1.82, 2.24) is 9.88 Å². The number of aryl methyl sites for hydroxylation is 1. The quantitative estimate of drug-likeness (QED) is 0.579. The van der Waals surface area contributed by atoms with Gasteiger partial charge in [0.1, 0.15) is 16.4 Å². The van der Waals surface area contributed by atoms with Crippen LogP contribution in [-0.4, -0.2) is 52.7 Å². The van der Waals surface area contributed by atoms with E-state index in [9.17, 15) is 26.4 Å². The SMILES string of the molecule is COc1ccc(N2C(=O)CCS2(=O)=O)cc1S(=O)(=O)N[C@@H](C)C(=O)Nc1cc(C)on1. The molecule has 31 heavy (non-hydrogen) atoms. The molecule has 0 radical (unpaired) electrons. The van der Waals surface area contributed by atoms with Crippen molar-refractivity contribution >= 4 is 43.4 Å². The zero-order valence-electron chi connectivity index (χ0n) is 16.8. The van der Waals surface area contributed by atoms with Gasteiger partial charge in [-0.15, -0.1) is 0 Å². The fraction of sp³-hybridized carbons (Fsp3) is 0.353. The van der Waals surface area contributed by atoms with Crippen molar-refractivity contribution in [3.8, 4) is 5.75 Å². The topological polar surface area (TPSA) is 165 Å². The Labute approximate surface area is 178 Å². The lowest BCUT2D eigenvalue weighted by Gasteiger charge is -2.19. The molecule has 1 saturated heterocycles. The molecule has 2 amide bonds. The number of nitrogens with zero attached hydrogens (tertiary/aromatic N) is 2. The lowest BCUT2D eigenvalue weighted by atomic mass is 10.3. The Hall–Kier alpha value is -2.97. The molecular weight excluding hydrogens is 452 g/mol. The molecule has 12 nitrogen and oxygen atoms in total. The van der Waals surface area contributed by atoms with Crippen molar-refractivity contribution in [2.24, 2.45) is 0 Å². The van der Waals surface area contributed by atoms with E-state index in [-0.39, 0.29) is 29.4 Å². The van der Waals surface area contributed by atoms with Gasteiger partial charge in [-0.1, -0.05) is 5.16 Å². The average molecular weight is 473 g/mol. The molecular formula is C17H20N4O8S2. The number of amides is 2. The van der Waals surface area contributed by atoms with E-state index in [1.165, 1.54) is 32.2 Å². The standard InChI is InChI=1S/C17H20N4O8S2/c1-10-8-15(19-29-10)18-17(23)11(2)20-31(26,27)14-9-12(4-5-13(14)28-3)21-16(22)6-7-30(21,24)25/h4-5,8-9,11,20H,6-7H2,1-3H3,(H,18,19,23)/t11-/m0/s1. The third-order valence-electron chi connectivity index (χ3n) is 4.35. The molecule has 1 aromatic heterocycles. The molecule has 2 N–H and O–H groups in total. The number of carbonyl (C=O) groups is 2. The van der Waals surface area contributed by atoms with Crippen LogP contribution in [-0.2, 0) is 29.6 Å². The number of sulfonamides is 2. The van der Waals surface area contributed by atoms with E-state index in [2.05, 4.69) is 15.2 Å². The maximum absolute atomic E-state index is 12.9. The van der Waals surface area contributed by atoms with Crippen LogP contribution in [0.4, 0.5) is 11.5 Å². The first kappa shape index (κ1) is 22.7. The van der Waals surface area contributed by atoms with Crippen LogP contribution in [0.25, 0.3) is 0 Å². The third-order valence-corrected chi connectivity index (χ3v) is 7.61. The predicted molar refractivity (Wildman–Crippen MR) is 109 cm³/mol. The molecule has 168 valence electrons. The van der Waals surface area contributed by atoms with E-state index < -0.39 is 42.8 Å². The van der Waals surface area contributed by atoms with Crippen LogP contribution in [0.5, 0.6) is 5.75 Å². The molecule has 0 spiro atoms. The van der Waals surface area contributed by atoms with Crippen LogP contribution in [0.2, 0.25) is 0 Å². The van der Waals surface area contributed by atoms with Gasteiger partial charge >= 0.3 is 0 Å². The number of carbonyl (C=O) groups excluding carboxylic acids is 2. The van der Waals surface area contributed by atoms with Crippen LogP contribution in [0, 0.1) is 6.92 Å². The average Bonchev–Trinajstić information content (AvgIpc) is 3.22. The molecule has 1 aliphatic rings. The highest BCUT2D eigenvalue weighted by molar-refractivity contribution is 7.94. The Morgan fingerprint density at radius 2 is 2.03 bits per heavy atom. The predicted octanol–water partition coefficient (Wildman–Crippen LogP) is 0.364. The van der Waals surface area contributed by atoms with Crippen molar-refractivity contribution in [2.45, 2.75) is 31.2 Å². The highest BCUT2D eigenvalue weighted by atomic mass is 32.2. The van der Waals surface area contributed by atoms with Gasteiger partial charge in [0.25, 0.3) is 0 Å². The van der Waals surface area contributed by atoms with Crippen LogP contribution in [0.15, 0.2) is 33.7 Å². The first-order valence-corrected chi connectivity index (χ1v) is 12.0. The van der Waals surface area contributed by atoms with Crippen molar-refractivity contribution in [3.05, 3.63) is 30.0 Å². The van der Waals surface area contributed by atoms with Gasteiger partial charge in [-0.3, -0.25) is 9.59 Å². The summed E-state index contributed by atoms with van der Waals surface area (Å²) in [4.78, 5) is 23.9. The molecule has 0 bridgehead atoms. The summed E-state index contributed by atoms with van der Waals surface area (Å²) in [5.41, 5.74) is -0.140. The summed E-state index contributed by atoms with van der Waals surface area (Å²) in [7, 11) is -7.02. The molecule has 0 unspecified atom stereocenters. The molecule has 1 aliphatic heterocycles. The Morgan fingerprint density at radius 3 is 2.58 bits per heavy atom. The number of hydrogen-bond donors (Lipinski definition) is 2. The molecule has 0 saturated carbocycles. The number of ether oxygens (including phenoxy) is 1. The summed E-state index contributed by atoms with van der Waals surface area (Å²) in [6, 6.07) is 3.73. The van der Waals surface area contributed by atoms with Crippen molar-refractivity contribution in [1.29, 1.82) is 0 Å². The molecule has 1 fully saturated rings. The second-order valence-electron chi connectivity index (χ2n) is 6.71. The third kappa shape index (κ3) is 4.70. The summed E-state index contributed by atoms with van der Waals surface area (Å²) in [5, 5.41) is 6.00. The Balaban J connectivity index is 1.89. The molecule has 2 aromatic rings. The van der Waals surface area contributed by atoms with Crippen molar-refractivity contribution < 1.29 is 35.7 Å². The molecule has 2 heterocycles. The maximum Gasteiger partial charge on any atom is 0.245 e. The highest BCUT2D eigenvalue weighted by Crippen LogP contribution is 2.32. The minimum Gasteiger partial charge on any atom is -0.495 e. The smallest absolute Gasteiger partial charge is 0.245 e. The van der Waals surface area contributed by atoms with Gasteiger partial charge in [0, 0.05) is 12.5 Å². The molecule has 1 atom stereocenters. The van der Waals surface area contributed by atoms with E-state index >= 15 is 0 Å². The lowest BCUT2D eigenvalue weighted by Crippen LogP contribution is -2.41. The highest BCUT2D eigenvalue weighted by Gasteiger charge is 2.37. The van der Waals surface area contributed by atoms with Gasteiger partial charge in [-0.25, -0.2) is 21.1 Å². The first-order valence-electron chi connectivity index (χ1n) is 8.95. The van der Waals surface area contributed by atoms with Crippen molar-refractivity contribution in [2.75, 3.05) is 22.5 Å². The Bertz CT molecular complexity index is 1240. The van der Waals surface area contributed by atoms with E-state index in [1.54, 1.807) is 6.92 Å². The summed E-state index contributed by atoms with van der Waals surface area (Å²) in [5.74, 6) is -1.26. The van der Waals surface area contributed by atoms with Gasteiger partial charge in [0.05, 0.1) is 24.6 Å². The van der Waals surface area contributed by atoms with E-state index in [1.807, 2.05) is 0 Å². The first-order chi connectivity index (χ1) is 14.4. The van der Waals surface area contributed by atoms with E-state index in [0.29, 0.717) is 10.1 Å². The second-order valence-corrected chi connectivity index (χ2v) is 10.3. The molecule has 3 rings (SSSR count). The number of anilines is 2. The number of rotatable bonds is 7. The number of hydrogen-bond acceptors (Lipinski definition) is 9. The summed E-state index contributed by atoms with van der Waals surface area (Å²) >= 11 is 0. The normalized spacial score (nSPS) is 16.9. The molecule has 1 aromatic carbocycles. The van der Waals surface area contributed by atoms with Gasteiger partial charge in [-0.2, -0.15) is 4.72 Å². The largest absolute Gasteiger partial charge is 0.495 e. The minimum atomic E-state index is -4.35. The van der Waals surface area contributed by atoms with Crippen molar-refractivity contribution in [3.63, 3.8) is 0 Å². The van der Waals surface area contributed by atoms with Crippen LogP contribution >= 0.6 is 0 Å². The monoisotopic (exact) mass is 472 g/mol. The van der Waals surface area contributed by atoms with Gasteiger partial charge in [-0.05, 0) is 32.0 Å². The second kappa shape index (κ2) is 8.28. The van der Waals surface area contributed by atoms with Crippen LogP contribution in [0.1, 0.15) is 19.1 Å². The Kier molecular flexibility index (Phi) is 6.07. The van der Waals surface area contributed by atoms with Crippen LogP contribution < -0.4 is 19.1 Å². The van der Waals surface area contributed by atoms with E-state index in [0.717, 1.165) is 6.07 Å². The van der Waals surface area contributed by atoms with Crippen LogP contribution in [0.3, 0.4) is 0 Å². The zero-order chi connectivity index (χ0) is 23.0. The fourth-order valence-electron chi connectivity index (χ4n) is 2.88.